The lowest BCUT2D eigenvalue weighted by Crippen LogP contribution is -2.17. The van der Waals surface area contributed by atoms with E-state index in [0.717, 1.165) is 0 Å². The lowest BCUT2D eigenvalue weighted by Gasteiger charge is -2.01. The van der Waals surface area contributed by atoms with E-state index in [9.17, 15) is 9.59 Å². The van der Waals surface area contributed by atoms with E-state index in [1.807, 2.05) is 0 Å². The van der Waals surface area contributed by atoms with E-state index in [0.29, 0.717) is 6.54 Å². The molecule has 0 aromatic carbocycles. The van der Waals surface area contributed by atoms with Crippen LogP contribution in [0.25, 0.3) is 0 Å². The number of hydrogen-bond acceptors (Lipinski definition) is 3. The van der Waals surface area contributed by atoms with Gasteiger partial charge in [-0.25, -0.2) is 4.79 Å². The number of hydrogen-bond donors (Lipinski definition) is 2. The predicted molar refractivity (Wildman–Crippen MR) is 30.5 cm³/mol. The SMILES string of the molecule is O=C(O)C[C@H]1CNC(=O)O1. The average Bonchev–Trinajstić information content (AvgIpc) is 2.13. The van der Waals surface area contributed by atoms with Gasteiger partial charge in [-0.2, -0.15) is 0 Å². The average molecular weight is 145 g/mol. The molecule has 0 spiro atoms. The van der Waals surface area contributed by atoms with Crippen molar-refractivity contribution in [3.05, 3.63) is 0 Å². The molecule has 1 saturated heterocycles. The molecule has 0 aromatic rings. The van der Waals surface area contributed by atoms with Crippen molar-refractivity contribution in [2.45, 2.75) is 12.5 Å². The maximum Gasteiger partial charge on any atom is 0.407 e. The van der Waals surface area contributed by atoms with E-state index in [1.54, 1.807) is 0 Å². The Morgan fingerprint density at radius 2 is 2.60 bits per heavy atom. The van der Waals surface area contributed by atoms with Crippen LogP contribution < -0.4 is 5.32 Å². The van der Waals surface area contributed by atoms with Crippen molar-refractivity contribution in [1.29, 1.82) is 0 Å². The highest BCUT2D eigenvalue weighted by atomic mass is 16.6. The molecular formula is C5H7NO4. The minimum Gasteiger partial charge on any atom is -0.481 e. The van der Waals surface area contributed by atoms with Crippen LogP contribution in [0, 0.1) is 0 Å². The first kappa shape index (κ1) is 6.85. The highest BCUT2D eigenvalue weighted by Crippen LogP contribution is 2.03. The third-order valence-corrected chi connectivity index (χ3v) is 1.15. The maximum absolute atomic E-state index is 10.3. The quantitative estimate of drug-likeness (QED) is 0.552. The molecule has 56 valence electrons. The van der Waals surface area contributed by atoms with Gasteiger partial charge >= 0.3 is 12.1 Å². The fourth-order valence-electron chi connectivity index (χ4n) is 0.740. The first-order chi connectivity index (χ1) is 4.68. The molecule has 0 aliphatic carbocycles. The maximum atomic E-state index is 10.3. The van der Waals surface area contributed by atoms with Gasteiger partial charge in [0.05, 0.1) is 13.0 Å². The van der Waals surface area contributed by atoms with Crippen molar-refractivity contribution < 1.29 is 19.4 Å². The summed E-state index contributed by atoms with van der Waals surface area (Å²) in [7, 11) is 0. The Hall–Kier alpha value is -1.26. The molecule has 1 fully saturated rings. The van der Waals surface area contributed by atoms with Crippen molar-refractivity contribution in [2.75, 3.05) is 6.54 Å². The molecule has 0 saturated carbocycles. The summed E-state index contributed by atoms with van der Waals surface area (Å²) in [5.74, 6) is -0.957. The van der Waals surface area contributed by atoms with Crippen LogP contribution >= 0.6 is 0 Å². The third kappa shape index (κ3) is 1.61. The summed E-state index contributed by atoms with van der Waals surface area (Å²) in [6.07, 6.45) is -1.16. The summed E-state index contributed by atoms with van der Waals surface area (Å²) >= 11 is 0. The molecule has 1 aliphatic rings. The van der Waals surface area contributed by atoms with Gasteiger partial charge in [-0.15, -0.1) is 0 Å². The summed E-state index contributed by atoms with van der Waals surface area (Å²) in [6.45, 7) is 0.297. The van der Waals surface area contributed by atoms with Gasteiger partial charge in [-0.05, 0) is 0 Å². The molecule has 0 radical (unpaired) electrons. The second-order valence-corrected chi connectivity index (χ2v) is 2.01. The number of amides is 1. The van der Waals surface area contributed by atoms with Gasteiger partial charge in [0.15, 0.2) is 0 Å². The number of carboxylic acid groups (broad SMARTS) is 1. The van der Waals surface area contributed by atoms with Gasteiger partial charge in [-0.3, -0.25) is 4.79 Å². The molecule has 1 atom stereocenters. The summed E-state index contributed by atoms with van der Waals surface area (Å²) in [4.78, 5) is 20.4. The summed E-state index contributed by atoms with van der Waals surface area (Å²) < 4.78 is 4.54. The number of carbonyl (C=O) groups is 2. The van der Waals surface area contributed by atoms with Gasteiger partial charge in [0.2, 0.25) is 0 Å². The molecule has 1 aliphatic heterocycles. The second-order valence-electron chi connectivity index (χ2n) is 2.01. The highest BCUT2D eigenvalue weighted by molar-refractivity contribution is 5.72. The van der Waals surface area contributed by atoms with Crippen LogP contribution in [0.15, 0.2) is 0 Å². The number of carbonyl (C=O) groups excluding carboxylic acids is 1. The van der Waals surface area contributed by atoms with Crippen molar-refractivity contribution in [3.8, 4) is 0 Å². The fraction of sp³-hybridized carbons (Fsp3) is 0.600. The Morgan fingerprint density at radius 3 is 3.00 bits per heavy atom. The molecular weight excluding hydrogens is 138 g/mol. The molecule has 0 bridgehead atoms. The molecule has 0 aromatic heterocycles. The molecule has 10 heavy (non-hydrogen) atoms. The number of carboxylic acids is 1. The van der Waals surface area contributed by atoms with Crippen LogP contribution in [-0.4, -0.2) is 29.8 Å². The van der Waals surface area contributed by atoms with Crippen molar-refractivity contribution in [2.24, 2.45) is 0 Å². The van der Waals surface area contributed by atoms with Gasteiger partial charge < -0.3 is 15.2 Å². The first-order valence-corrected chi connectivity index (χ1v) is 2.85. The Bertz CT molecular complexity index is 167. The second kappa shape index (κ2) is 2.55. The minimum absolute atomic E-state index is 0.126. The number of ether oxygens (including phenoxy) is 1. The van der Waals surface area contributed by atoms with E-state index in [4.69, 9.17) is 5.11 Å². The summed E-state index contributed by atoms with van der Waals surface area (Å²) in [5, 5.41) is 10.6. The van der Waals surface area contributed by atoms with E-state index >= 15 is 0 Å². The van der Waals surface area contributed by atoms with Crippen LogP contribution in [0.4, 0.5) is 4.79 Å². The molecule has 1 amide bonds. The molecule has 1 heterocycles. The van der Waals surface area contributed by atoms with E-state index < -0.39 is 18.2 Å². The first-order valence-electron chi connectivity index (χ1n) is 2.85. The predicted octanol–water partition coefficient (Wildman–Crippen LogP) is -0.430. The Kier molecular flexibility index (Phi) is 1.75. The zero-order valence-electron chi connectivity index (χ0n) is 5.16. The van der Waals surface area contributed by atoms with Crippen LogP contribution in [-0.2, 0) is 9.53 Å². The highest BCUT2D eigenvalue weighted by Gasteiger charge is 2.24. The molecule has 1 rings (SSSR count). The van der Waals surface area contributed by atoms with Crippen molar-refractivity contribution >= 4 is 12.1 Å². The van der Waals surface area contributed by atoms with Crippen LogP contribution in [0.3, 0.4) is 0 Å². The lowest BCUT2D eigenvalue weighted by molar-refractivity contribution is -0.138. The largest absolute Gasteiger partial charge is 0.481 e. The number of aliphatic carboxylic acids is 1. The van der Waals surface area contributed by atoms with Gasteiger partial charge in [0.25, 0.3) is 0 Å². The number of rotatable bonds is 2. The van der Waals surface area contributed by atoms with Crippen molar-refractivity contribution in [1.82, 2.24) is 5.32 Å². The van der Waals surface area contributed by atoms with E-state index in [-0.39, 0.29) is 6.42 Å². The summed E-state index contributed by atoms with van der Waals surface area (Å²) in [5.41, 5.74) is 0. The number of nitrogens with one attached hydrogen (secondary N) is 1. The number of alkyl carbamates (subject to hydrolysis) is 1. The minimum atomic E-state index is -0.957. The third-order valence-electron chi connectivity index (χ3n) is 1.15. The zero-order valence-corrected chi connectivity index (χ0v) is 5.16. The fourth-order valence-corrected chi connectivity index (χ4v) is 0.740. The molecule has 5 heteroatoms. The van der Waals surface area contributed by atoms with Gasteiger partial charge in [-0.1, -0.05) is 0 Å². The topological polar surface area (TPSA) is 75.6 Å². The standard InChI is InChI=1S/C5H7NO4/c7-4(8)1-3-2-6-5(9)10-3/h3H,1-2H2,(H,6,9)(H,7,8)/t3-/m0/s1. The monoisotopic (exact) mass is 145 g/mol. The van der Waals surface area contributed by atoms with E-state index in [1.165, 1.54) is 0 Å². The zero-order chi connectivity index (χ0) is 7.56. The molecule has 0 unspecified atom stereocenters. The molecule has 5 nitrogen and oxygen atoms in total. The number of cyclic esters (lactones) is 1. The smallest absolute Gasteiger partial charge is 0.407 e. The Labute approximate surface area is 57.0 Å². The molecule has 2 N–H and O–H groups in total. The Morgan fingerprint density at radius 1 is 1.90 bits per heavy atom. The van der Waals surface area contributed by atoms with Crippen molar-refractivity contribution in [3.63, 3.8) is 0 Å². The van der Waals surface area contributed by atoms with Crippen LogP contribution in [0.2, 0.25) is 0 Å². The van der Waals surface area contributed by atoms with Crippen LogP contribution in [0.5, 0.6) is 0 Å². The van der Waals surface area contributed by atoms with E-state index in [2.05, 4.69) is 10.1 Å². The van der Waals surface area contributed by atoms with Crippen LogP contribution in [0.1, 0.15) is 6.42 Å². The normalized spacial score (nSPS) is 23.6. The lowest BCUT2D eigenvalue weighted by atomic mass is 10.3. The van der Waals surface area contributed by atoms with Gasteiger partial charge in [0, 0.05) is 0 Å². The van der Waals surface area contributed by atoms with Gasteiger partial charge in [0.1, 0.15) is 6.10 Å². The summed E-state index contributed by atoms with van der Waals surface area (Å²) in [6, 6.07) is 0. The Balaban J connectivity index is 2.31.